The van der Waals surface area contributed by atoms with E-state index in [1.54, 1.807) is 7.05 Å². The van der Waals surface area contributed by atoms with Crippen molar-refractivity contribution in [1.29, 1.82) is 0 Å². The molecule has 3 nitrogen and oxygen atoms in total. The summed E-state index contributed by atoms with van der Waals surface area (Å²) < 4.78 is 5.33. The Morgan fingerprint density at radius 3 is 2.12 bits per heavy atom. The van der Waals surface area contributed by atoms with E-state index < -0.39 is 0 Å². The quantitative estimate of drug-likeness (QED) is 0.781. The van der Waals surface area contributed by atoms with Crippen molar-refractivity contribution in [3.05, 3.63) is 0 Å². The molecule has 4 aliphatic carbocycles. The molecule has 0 atom stereocenters. The van der Waals surface area contributed by atoms with Crippen LogP contribution in [0.1, 0.15) is 38.5 Å². The van der Waals surface area contributed by atoms with Gasteiger partial charge in [0.15, 0.2) is 0 Å². The number of carbonyl (C=O) groups excluding carboxylic acids is 1. The molecule has 0 saturated heterocycles. The summed E-state index contributed by atoms with van der Waals surface area (Å²) in [5.74, 6) is 2.79. The Morgan fingerprint density at radius 1 is 1.19 bits per heavy atom. The fourth-order valence-corrected chi connectivity index (χ4v) is 4.76. The first-order valence-electron chi connectivity index (χ1n) is 6.54. The Morgan fingerprint density at radius 2 is 1.69 bits per heavy atom. The average Bonchev–Trinajstić information content (AvgIpc) is 2.24. The minimum Gasteiger partial charge on any atom is -0.449 e. The molecular formula is C13H21NO2. The molecular weight excluding hydrogens is 202 g/mol. The minimum absolute atomic E-state index is 0.268. The normalized spacial score (nSPS) is 44.4. The monoisotopic (exact) mass is 223 g/mol. The van der Waals surface area contributed by atoms with Crippen molar-refractivity contribution in [1.82, 2.24) is 5.32 Å². The number of hydrogen-bond acceptors (Lipinski definition) is 2. The van der Waals surface area contributed by atoms with Gasteiger partial charge in [0.2, 0.25) is 0 Å². The van der Waals surface area contributed by atoms with Crippen LogP contribution < -0.4 is 5.32 Å². The molecule has 90 valence electrons. The summed E-state index contributed by atoms with van der Waals surface area (Å²) in [6.07, 6.45) is 7.97. The van der Waals surface area contributed by atoms with E-state index in [-0.39, 0.29) is 6.09 Å². The Labute approximate surface area is 96.9 Å². The molecule has 0 unspecified atom stereocenters. The Hall–Kier alpha value is -0.730. The van der Waals surface area contributed by atoms with Gasteiger partial charge < -0.3 is 10.1 Å². The fourth-order valence-electron chi connectivity index (χ4n) is 4.76. The van der Waals surface area contributed by atoms with Crippen molar-refractivity contribution in [3.8, 4) is 0 Å². The highest BCUT2D eigenvalue weighted by atomic mass is 16.5. The summed E-state index contributed by atoms with van der Waals surface area (Å²) in [5, 5.41) is 2.54. The molecule has 1 N–H and O–H groups in total. The van der Waals surface area contributed by atoms with Crippen molar-refractivity contribution in [2.75, 3.05) is 13.7 Å². The molecule has 0 heterocycles. The molecule has 4 rings (SSSR count). The lowest BCUT2D eigenvalue weighted by atomic mass is 9.50. The lowest BCUT2D eigenvalue weighted by Gasteiger charge is -2.56. The predicted molar refractivity (Wildman–Crippen MR) is 61.0 cm³/mol. The zero-order chi connectivity index (χ0) is 11.2. The zero-order valence-electron chi connectivity index (χ0n) is 10.00. The third-order valence-corrected chi connectivity index (χ3v) is 4.88. The molecule has 0 aromatic carbocycles. The van der Waals surface area contributed by atoms with Crippen molar-refractivity contribution in [2.45, 2.75) is 38.5 Å². The number of ether oxygens (including phenoxy) is 1. The van der Waals surface area contributed by atoms with Crippen molar-refractivity contribution >= 4 is 6.09 Å². The lowest BCUT2D eigenvalue weighted by molar-refractivity contribution is -0.0818. The molecule has 0 aromatic heterocycles. The van der Waals surface area contributed by atoms with Gasteiger partial charge in [0.25, 0.3) is 0 Å². The van der Waals surface area contributed by atoms with E-state index in [9.17, 15) is 4.79 Å². The van der Waals surface area contributed by atoms with E-state index >= 15 is 0 Å². The van der Waals surface area contributed by atoms with Crippen molar-refractivity contribution in [3.63, 3.8) is 0 Å². The smallest absolute Gasteiger partial charge is 0.406 e. The van der Waals surface area contributed by atoms with Gasteiger partial charge in [0.1, 0.15) is 0 Å². The second kappa shape index (κ2) is 3.64. The number of carbonyl (C=O) groups is 1. The molecule has 0 spiro atoms. The SMILES string of the molecule is CNC(=O)OCC12CC3CC(CC(C3)C1)C2. The standard InChI is InChI=1S/C13H21NO2/c1-14-12(15)16-8-13-5-9-2-10(6-13)4-11(3-9)7-13/h9-11H,2-8H2,1H3,(H,14,15). The van der Waals surface area contributed by atoms with Gasteiger partial charge in [-0.2, -0.15) is 0 Å². The third kappa shape index (κ3) is 1.70. The highest BCUT2D eigenvalue weighted by molar-refractivity contribution is 5.66. The van der Waals surface area contributed by atoms with E-state index in [0.717, 1.165) is 17.8 Å². The van der Waals surface area contributed by atoms with Crippen LogP contribution in [-0.2, 0) is 4.74 Å². The maximum atomic E-state index is 11.2. The minimum atomic E-state index is -0.268. The number of amides is 1. The zero-order valence-corrected chi connectivity index (χ0v) is 10.00. The van der Waals surface area contributed by atoms with Gasteiger partial charge in [-0.25, -0.2) is 4.79 Å². The average molecular weight is 223 g/mol. The summed E-state index contributed by atoms with van der Waals surface area (Å²) >= 11 is 0. The molecule has 1 amide bonds. The van der Waals surface area contributed by atoms with Crippen LogP contribution in [0.2, 0.25) is 0 Å². The van der Waals surface area contributed by atoms with Crippen LogP contribution in [0.15, 0.2) is 0 Å². The van der Waals surface area contributed by atoms with Gasteiger partial charge in [0, 0.05) is 12.5 Å². The Kier molecular flexibility index (Phi) is 2.37. The molecule has 4 aliphatic rings. The van der Waals surface area contributed by atoms with Gasteiger partial charge in [-0.1, -0.05) is 0 Å². The summed E-state index contributed by atoms with van der Waals surface area (Å²) in [6.45, 7) is 0.649. The lowest BCUT2D eigenvalue weighted by Crippen LogP contribution is -2.48. The van der Waals surface area contributed by atoms with E-state index in [1.807, 2.05) is 0 Å². The molecule has 16 heavy (non-hydrogen) atoms. The van der Waals surface area contributed by atoms with Crippen LogP contribution >= 0.6 is 0 Å². The summed E-state index contributed by atoms with van der Waals surface area (Å²) in [6, 6.07) is 0. The van der Waals surface area contributed by atoms with Crippen LogP contribution in [-0.4, -0.2) is 19.7 Å². The first-order chi connectivity index (χ1) is 7.69. The fraction of sp³-hybridized carbons (Fsp3) is 0.923. The van der Waals surface area contributed by atoms with Crippen LogP contribution in [0.3, 0.4) is 0 Å². The summed E-state index contributed by atoms with van der Waals surface area (Å²) in [5.41, 5.74) is 0.348. The highest BCUT2D eigenvalue weighted by Crippen LogP contribution is 2.59. The molecule has 4 bridgehead atoms. The second-order valence-electron chi connectivity index (χ2n) is 6.24. The maximum absolute atomic E-state index is 11.2. The van der Waals surface area contributed by atoms with Crippen LogP contribution in [0.4, 0.5) is 4.79 Å². The predicted octanol–water partition coefficient (Wildman–Crippen LogP) is 2.56. The van der Waals surface area contributed by atoms with Crippen LogP contribution in [0, 0.1) is 23.2 Å². The van der Waals surface area contributed by atoms with Gasteiger partial charge in [-0.15, -0.1) is 0 Å². The first kappa shape index (κ1) is 10.4. The van der Waals surface area contributed by atoms with Gasteiger partial charge in [-0.05, 0) is 56.3 Å². The Balaban J connectivity index is 1.67. The van der Waals surface area contributed by atoms with Crippen molar-refractivity contribution < 1.29 is 9.53 Å². The molecule has 0 aromatic rings. The van der Waals surface area contributed by atoms with Crippen molar-refractivity contribution in [2.24, 2.45) is 23.2 Å². The first-order valence-corrected chi connectivity index (χ1v) is 6.54. The summed E-state index contributed by atoms with van der Waals surface area (Å²) in [4.78, 5) is 11.2. The largest absolute Gasteiger partial charge is 0.449 e. The highest BCUT2D eigenvalue weighted by Gasteiger charge is 2.51. The van der Waals surface area contributed by atoms with E-state index in [4.69, 9.17) is 4.74 Å². The van der Waals surface area contributed by atoms with Gasteiger partial charge in [-0.3, -0.25) is 0 Å². The number of alkyl carbamates (subject to hydrolysis) is 1. The molecule has 0 aliphatic heterocycles. The Bertz CT molecular complexity index is 265. The maximum Gasteiger partial charge on any atom is 0.406 e. The van der Waals surface area contributed by atoms with E-state index in [2.05, 4.69) is 5.32 Å². The number of rotatable bonds is 2. The second-order valence-corrected chi connectivity index (χ2v) is 6.24. The molecule has 3 heteroatoms. The summed E-state index contributed by atoms with van der Waals surface area (Å²) in [7, 11) is 1.63. The van der Waals surface area contributed by atoms with E-state index in [0.29, 0.717) is 12.0 Å². The van der Waals surface area contributed by atoms with Gasteiger partial charge in [0.05, 0.1) is 6.61 Å². The molecule has 0 radical (unpaired) electrons. The molecule has 4 fully saturated rings. The van der Waals surface area contributed by atoms with Gasteiger partial charge >= 0.3 is 6.09 Å². The molecule has 4 saturated carbocycles. The number of nitrogens with one attached hydrogen (secondary N) is 1. The van der Waals surface area contributed by atoms with E-state index in [1.165, 1.54) is 38.5 Å². The number of hydrogen-bond donors (Lipinski definition) is 1. The van der Waals surface area contributed by atoms with Crippen LogP contribution in [0.5, 0.6) is 0 Å². The van der Waals surface area contributed by atoms with Crippen LogP contribution in [0.25, 0.3) is 0 Å². The third-order valence-electron chi connectivity index (χ3n) is 4.88. The topological polar surface area (TPSA) is 38.3 Å².